The van der Waals surface area contributed by atoms with Crippen LogP contribution in [0.1, 0.15) is 0 Å². The molecule has 0 radical (unpaired) electrons. The van der Waals surface area contributed by atoms with Crippen molar-refractivity contribution in [3.63, 3.8) is 0 Å². The van der Waals surface area contributed by atoms with Crippen molar-refractivity contribution in [3.8, 4) is 0 Å². The van der Waals surface area contributed by atoms with Gasteiger partial charge in [0.05, 0.1) is 15.7 Å². The first-order valence-corrected chi connectivity index (χ1v) is 11.3. The van der Waals surface area contributed by atoms with Gasteiger partial charge >= 0.3 is 5.97 Å². The molecular weight excluding hydrogens is 459 g/mol. The maximum absolute atomic E-state index is 12.1. The number of amides is 1. The van der Waals surface area contributed by atoms with Crippen LogP contribution in [0.25, 0.3) is 0 Å². The van der Waals surface area contributed by atoms with Crippen molar-refractivity contribution >= 4 is 62.6 Å². The maximum Gasteiger partial charge on any atom is 0.316 e. The lowest BCUT2D eigenvalue weighted by atomic mass is 10.3. The van der Waals surface area contributed by atoms with Crippen LogP contribution in [0.2, 0.25) is 10.0 Å². The molecule has 0 aliphatic carbocycles. The van der Waals surface area contributed by atoms with Crippen molar-refractivity contribution < 1.29 is 22.7 Å². The standard InChI is InChI=1S/C18H18Cl2N2O5S2/c1-22(2)29(25,26)14-5-3-4-13(9-14)21-17(23)10-27-18(24)11-28-16-8-12(19)6-7-15(16)20/h3-9H,10-11H2,1-2H3,(H,21,23). The van der Waals surface area contributed by atoms with Crippen molar-refractivity contribution in [1.29, 1.82) is 0 Å². The molecule has 0 saturated heterocycles. The number of sulfonamides is 1. The Morgan fingerprint density at radius 1 is 1.14 bits per heavy atom. The number of hydrogen-bond acceptors (Lipinski definition) is 6. The van der Waals surface area contributed by atoms with Gasteiger partial charge in [-0.25, -0.2) is 12.7 Å². The zero-order valence-corrected chi connectivity index (χ0v) is 18.7. The summed E-state index contributed by atoms with van der Waals surface area (Å²) in [7, 11) is -0.805. The fourth-order valence-electron chi connectivity index (χ4n) is 2.05. The first kappa shape index (κ1) is 23.5. The highest BCUT2D eigenvalue weighted by atomic mass is 35.5. The third kappa shape index (κ3) is 6.90. The number of halogens is 2. The van der Waals surface area contributed by atoms with Crippen LogP contribution in [-0.2, 0) is 24.3 Å². The molecule has 0 fully saturated rings. The van der Waals surface area contributed by atoms with Crippen LogP contribution in [-0.4, -0.2) is 51.1 Å². The van der Waals surface area contributed by atoms with Crippen LogP contribution in [0.3, 0.4) is 0 Å². The van der Waals surface area contributed by atoms with Gasteiger partial charge in [-0.2, -0.15) is 0 Å². The Bertz CT molecular complexity index is 1010. The van der Waals surface area contributed by atoms with Crippen molar-refractivity contribution in [2.45, 2.75) is 9.79 Å². The van der Waals surface area contributed by atoms with E-state index in [9.17, 15) is 18.0 Å². The predicted octanol–water partition coefficient (Wildman–Crippen LogP) is 3.52. The van der Waals surface area contributed by atoms with Gasteiger partial charge in [-0.1, -0.05) is 29.3 Å². The van der Waals surface area contributed by atoms with E-state index in [1.165, 1.54) is 38.4 Å². The van der Waals surface area contributed by atoms with E-state index in [2.05, 4.69) is 5.32 Å². The molecule has 1 amide bonds. The molecular formula is C18H18Cl2N2O5S2. The van der Waals surface area contributed by atoms with Gasteiger partial charge in [-0.15, -0.1) is 11.8 Å². The zero-order valence-electron chi connectivity index (χ0n) is 15.5. The summed E-state index contributed by atoms with van der Waals surface area (Å²) < 4.78 is 30.3. The van der Waals surface area contributed by atoms with E-state index in [-0.39, 0.29) is 16.3 Å². The summed E-state index contributed by atoms with van der Waals surface area (Å²) in [5.41, 5.74) is 0.272. The van der Waals surface area contributed by atoms with E-state index in [1.54, 1.807) is 18.2 Å². The number of ether oxygens (including phenoxy) is 1. The molecule has 0 saturated carbocycles. The molecule has 0 unspecified atom stereocenters. The molecule has 0 aromatic heterocycles. The molecule has 2 aromatic rings. The minimum Gasteiger partial charge on any atom is -0.455 e. The second kappa shape index (κ2) is 10.3. The summed E-state index contributed by atoms with van der Waals surface area (Å²) in [5, 5.41) is 3.44. The van der Waals surface area contributed by atoms with Crippen LogP contribution in [0.4, 0.5) is 5.69 Å². The molecule has 0 bridgehead atoms. The first-order valence-electron chi connectivity index (χ1n) is 8.15. The van der Waals surface area contributed by atoms with Gasteiger partial charge in [-0.05, 0) is 36.4 Å². The van der Waals surface area contributed by atoms with Crippen LogP contribution >= 0.6 is 35.0 Å². The van der Waals surface area contributed by atoms with Gasteiger partial charge in [-0.3, -0.25) is 9.59 Å². The molecule has 156 valence electrons. The molecule has 29 heavy (non-hydrogen) atoms. The Morgan fingerprint density at radius 2 is 1.86 bits per heavy atom. The van der Waals surface area contributed by atoms with Crippen LogP contribution in [0, 0.1) is 0 Å². The molecule has 0 atom stereocenters. The van der Waals surface area contributed by atoms with E-state index in [1.807, 2.05) is 0 Å². The fraction of sp³-hybridized carbons (Fsp3) is 0.222. The number of hydrogen-bond donors (Lipinski definition) is 1. The van der Waals surface area contributed by atoms with Gasteiger partial charge in [0.2, 0.25) is 10.0 Å². The number of esters is 1. The van der Waals surface area contributed by atoms with E-state index in [0.29, 0.717) is 14.9 Å². The molecule has 2 rings (SSSR count). The Morgan fingerprint density at radius 3 is 2.55 bits per heavy atom. The Kier molecular flexibility index (Phi) is 8.35. The second-order valence-electron chi connectivity index (χ2n) is 5.89. The number of rotatable bonds is 8. The van der Waals surface area contributed by atoms with E-state index in [4.69, 9.17) is 27.9 Å². The summed E-state index contributed by atoms with van der Waals surface area (Å²) in [6.45, 7) is -0.507. The average molecular weight is 477 g/mol. The zero-order chi connectivity index (χ0) is 21.6. The number of nitrogens with zero attached hydrogens (tertiary/aromatic N) is 1. The average Bonchev–Trinajstić information content (AvgIpc) is 2.67. The van der Waals surface area contributed by atoms with E-state index in [0.717, 1.165) is 16.1 Å². The van der Waals surface area contributed by atoms with Crippen LogP contribution in [0.5, 0.6) is 0 Å². The van der Waals surface area contributed by atoms with Crippen LogP contribution in [0.15, 0.2) is 52.3 Å². The minimum atomic E-state index is -3.63. The third-order valence-electron chi connectivity index (χ3n) is 3.50. The smallest absolute Gasteiger partial charge is 0.316 e. The van der Waals surface area contributed by atoms with Gasteiger partial charge in [0, 0.05) is 29.7 Å². The fourth-order valence-corrected chi connectivity index (χ4v) is 4.29. The summed E-state index contributed by atoms with van der Waals surface area (Å²) in [4.78, 5) is 24.5. The first-order chi connectivity index (χ1) is 13.6. The molecule has 0 aliphatic heterocycles. The Labute approximate surface area is 183 Å². The number of anilines is 1. The predicted molar refractivity (Wildman–Crippen MR) is 114 cm³/mol. The molecule has 1 N–H and O–H groups in total. The molecule has 0 aliphatic rings. The molecule has 0 spiro atoms. The minimum absolute atomic E-state index is 0.0343. The Balaban J connectivity index is 1.87. The summed E-state index contributed by atoms with van der Waals surface area (Å²) in [5.74, 6) is -1.25. The highest BCUT2D eigenvalue weighted by Gasteiger charge is 2.18. The number of nitrogens with one attached hydrogen (secondary N) is 1. The van der Waals surface area contributed by atoms with Crippen molar-refractivity contribution in [3.05, 3.63) is 52.5 Å². The molecule has 2 aromatic carbocycles. The topological polar surface area (TPSA) is 92.8 Å². The molecule has 7 nitrogen and oxygen atoms in total. The molecule has 11 heteroatoms. The highest BCUT2D eigenvalue weighted by Crippen LogP contribution is 2.29. The monoisotopic (exact) mass is 476 g/mol. The van der Waals surface area contributed by atoms with Crippen molar-refractivity contribution in [2.24, 2.45) is 0 Å². The lowest BCUT2D eigenvalue weighted by Crippen LogP contribution is -2.23. The van der Waals surface area contributed by atoms with Gasteiger partial charge in [0.15, 0.2) is 6.61 Å². The van der Waals surface area contributed by atoms with Crippen LogP contribution < -0.4 is 5.32 Å². The number of carbonyl (C=O) groups is 2. The van der Waals surface area contributed by atoms with Crippen molar-refractivity contribution in [2.75, 3.05) is 31.8 Å². The van der Waals surface area contributed by atoms with E-state index < -0.39 is 28.5 Å². The SMILES string of the molecule is CN(C)S(=O)(=O)c1cccc(NC(=O)COC(=O)CSc2cc(Cl)ccc2Cl)c1. The van der Waals surface area contributed by atoms with Gasteiger partial charge in [0.1, 0.15) is 0 Å². The number of carbonyl (C=O) groups excluding carboxylic acids is 2. The maximum atomic E-state index is 12.1. The summed E-state index contributed by atoms with van der Waals surface area (Å²) in [6.07, 6.45) is 0. The normalized spacial score (nSPS) is 11.3. The largest absolute Gasteiger partial charge is 0.455 e. The lowest BCUT2D eigenvalue weighted by Gasteiger charge is -2.12. The number of thioether (sulfide) groups is 1. The highest BCUT2D eigenvalue weighted by molar-refractivity contribution is 8.00. The number of benzene rings is 2. The third-order valence-corrected chi connectivity index (χ3v) is 7.02. The van der Waals surface area contributed by atoms with Crippen molar-refractivity contribution in [1.82, 2.24) is 4.31 Å². The second-order valence-corrected chi connectivity index (χ2v) is 9.90. The summed E-state index contributed by atoms with van der Waals surface area (Å²) in [6, 6.07) is 10.7. The summed E-state index contributed by atoms with van der Waals surface area (Å²) >= 11 is 13.0. The lowest BCUT2D eigenvalue weighted by molar-refractivity contribution is -0.144. The quantitative estimate of drug-likeness (QED) is 0.462. The van der Waals surface area contributed by atoms with Gasteiger partial charge < -0.3 is 10.1 Å². The van der Waals surface area contributed by atoms with E-state index >= 15 is 0 Å². The molecule has 0 heterocycles. The van der Waals surface area contributed by atoms with Gasteiger partial charge in [0.25, 0.3) is 5.91 Å². The Hall–Kier alpha value is -1.78.